The van der Waals surface area contributed by atoms with Gasteiger partial charge in [-0.1, -0.05) is 0 Å². The van der Waals surface area contributed by atoms with Crippen LogP contribution in [0.2, 0.25) is 0 Å². The predicted octanol–water partition coefficient (Wildman–Crippen LogP) is 1.37. The van der Waals surface area contributed by atoms with Gasteiger partial charge in [-0.25, -0.2) is 9.18 Å². The third kappa shape index (κ3) is 2.44. The number of halogens is 1. The minimum atomic E-state index is -3.13. The first kappa shape index (κ1) is 17.8. The summed E-state index contributed by atoms with van der Waals surface area (Å²) < 4.78 is 30.5. The first-order valence-electron chi connectivity index (χ1n) is 8.03. The van der Waals surface area contributed by atoms with E-state index < -0.39 is 37.6 Å². The second-order valence-electron chi connectivity index (χ2n) is 7.21. The van der Waals surface area contributed by atoms with Crippen LogP contribution in [-0.2, 0) is 15.7 Å². The van der Waals surface area contributed by atoms with Gasteiger partial charge in [0.25, 0.3) is 0 Å². The number of amidine groups is 1. The molecule has 1 aromatic rings. The molecule has 2 aliphatic heterocycles. The maximum absolute atomic E-state index is 14.6. The molecule has 5 N–H and O–H groups in total. The van der Waals surface area contributed by atoms with Gasteiger partial charge in [-0.2, -0.15) is 0 Å². The average molecular weight is 370 g/mol. The first-order chi connectivity index (χ1) is 11.5. The van der Waals surface area contributed by atoms with Crippen molar-refractivity contribution in [3.63, 3.8) is 0 Å². The fourth-order valence-electron chi connectivity index (χ4n) is 3.94. The molecular formula is C16H23FN4O3S. The molecule has 0 aliphatic carbocycles. The molecule has 0 spiro atoms. The van der Waals surface area contributed by atoms with Gasteiger partial charge in [0, 0.05) is 17.8 Å². The molecule has 7 nitrogen and oxygen atoms in total. The molecule has 2 heterocycles. The number of nitrogen functional groups attached to an aromatic ring is 1. The van der Waals surface area contributed by atoms with E-state index in [1.807, 2.05) is 0 Å². The van der Waals surface area contributed by atoms with Gasteiger partial charge in [-0.3, -0.25) is 19.2 Å². The fraction of sp³-hybridized carbons (Fsp3) is 0.500. The van der Waals surface area contributed by atoms with Crippen LogP contribution in [0.4, 0.5) is 14.9 Å². The molecule has 0 aromatic heterocycles. The highest BCUT2D eigenvalue weighted by Crippen LogP contribution is 2.49. The Labute approximate surface area is 146 Å². The summed E-state index contributed by atoms with van der Waals surface area (Å²) in [4.78, 5) is 15.8. The van der Waals surface area contributed by atoms with Crippen LogP contribution in [0.5, 0.6) is 0 Å². The quantitative estimate of drug-likeness (QED) is 0.379. The molecule has 9 heteroatoms. The van der Waals surface area contributed by atoms with Crippen LogP contribution < -0.4 is 15.8 Å². The number of carboxylic acid groups (broad SMARTS) is 1. The molecule has 3 rings (SSSR count). The Hall–Kier alpha value is -2.00. The summed E-state index contributed by atoms with van der Waals surface area (Å²) in [5.74, 6) is -0.438. The molecule has 0 unspecified atom stereocenters. The van der Waals surface area contributed by atoms with Gasteiger partial charge in [0.1, 0.15) is 17.2 Å². The number of hydrogen-bond acceptors (Lipinski definition) is 4. The van der Waals surface area contributed by atoms with Crippen molar-refractivity contribution in [3.8, 4) is 0 Å². The van der Waals surface area contributed by atoms with Crippen LogP contribution in [0, 0.1) is 5.82 Å². The van der Waals surface area contributed by atoms with Crippen molar-refractivity contribution in [1.29, 1.82) is 0 Å². The summed E-state index contributed by atoms with van der Waals surface area (Å²) in [5.41, 5.74) is 5.22. The summed E-state index contributed by atoms with van der Waals surface area (Å²) in [6.45, 7) is 5.58. The highest BCUT2D eigenvalue weighted by molar-refractivity contribution is 8.04. The second-order valence-corrected chi connectivity index (χ2v) is 10.6. The molecule has 0 bridgehead atoms. The Morgan fingerprint density at radius 1 is 1.48 bits per heavy atom. The topological polar surface area (TPSA) is 117 Å². The van der Waals surface area contributed by atoms with Crippen LogP contribution in [0.1, 0.15) is 32.8 Å². The van der Waals surface area contributed by atoms with E-state index in [2.05, 4.69) is 15.0 Å². The maximum Gasteiger partial charge on any atom is 0.410 e. The van der Waals surface area contributed by atoms with E-state index in [4.69, 9.17) is 10.8 Å². The van der Waals surface area contributed by atoms with E-state index in [-0.39, 0.29) is 11.4 Å². The van der Waals surface area contributed by atoms with Gasteiger partial charge in [0.05, 0.1) is 10.00 Å². The molecule has 2 atom stereocenters. The van der Waals surface area contributed by atoms with Crippen molar-refractivity contribution in [3.05, 3.63) is 29.6 Å². The largest absolute Gasteiger partial charge is 0.465 e. The molecule has 0 radical (unpaired) electrons. The van der Waals surface area contributed by atoms with Gasteiger partial charge in [-0.15, -0.1) is 0 Å². The van der Waals surface area contributed by atoms with Gasteiger partial charge >= 0.3 is 6.09 Å². The number of aliphatic imine (C=N–C) groups is 1. The number of nitrogens with zero attached hydrogens (tertiary/aromatic N) is 1. The summed E-state index contributed by atoms with van der Waals surface area (Å²) in [6.07, 6.45) is -0.749. The zero-order valence-electron chi connectivity index (χ0n) is 14.3. The number of hydrogen-bond donors (Lipinski definition) is 5. The molecule has 1 fully saturated rings. The number of nitrogens with two attached hydrogens (primary N) is 1. The number of carbonyl (C=O) groups is 1. The lowest BCUT2D eigenvalue weighted by atomic mass is 9.86. The van der Waals surface area contributed by atoms with E-state index in [0.29, 0.717) is 18.7 Å². The molecule has 0 saturated carbocycles. The Morgan fingerprint density at radius 2 is 2.16 bits per heavy atom. The smallest absolute Gasteiger partial charge is 0.410 e. The Bertz CT molecular complexity index is 826. The SMILES string of the molecule is CC1(C)C(NC(=O)O)=N[C@](C)(c2cc(N)ccc2F)[C@H]2CCN[SH]21=O. The summed E-state index contributed by atoms with van der Waals surface area (Å²) in [7, 11) is -3.13. The van der Waals surface area contributed by atoms with E-state index in [1.54, 1.807) is 20.8 Å². The molecule has 1 aromatic carbocycles. The summed E-state index contributed by atoms with van der Waals surface area (Å²) in [5, 5.41) is 11.0. The number of anilines is 1. The third-order valence-corrected chi connectivity index (χ3v) is 9.57. The van der Waals surface area contributed by atoms with Crippen LogP contribution in [0.15, 0.2) is 23.2 Å². The van der Waals surface area contributed by atoms with Crippen molar-refractivity contribution in [2.45, 2.75) is 42.7 Å². The molecular weight excluding hydrogens is 347 g/mol. The van der Waals surface area contributed by atoms with Crippen molar-refractivity contribution < 1.29 is 18.5 Å². The standard InChI is InChI=1S/C16H23FN4O3S/c1-15(2)13(20-14(22)23)21-16(3,12-6-7-19-25(12,15)24)10-8-9(18)4-5-11(10)17/h4-5,8,12,25H,6-7,18H2,1-3H3,(H,19,24)(H,20,21)(H,22,23)/t12-,16-/m1/s1. The first-order valence-corrected chi connectivity index (χ1v) is 9.81. The highest BCUT2D eigenvalue weighted by atomic mass is 32.3. The molecule has 1 amide bonds. The van der Waals surface area contributed by atoms with Crippen LogP contribution in [0.25, 0.3) is 0 Å². The lowest BCUT2D eigenvalue weighted by molar-refractivity contribution is 0.199. The lowest BCUT2D eigenvalue weighted by Crippen LogP contribution is -2.65. The van der Waals surface area contributed by atoms with E-state index in [9.17, 15) is 13.4 Å². The molecule has 25 heavy (non-hydrogen) atoms. The zero-order chi connectivity index (χ0) is 18.6. The third-order valence-electron chi connectivity index (χ3n) is 5.37. The van der Waals surface area contributed by atoms with Crippen molar-refractivity contribution in [1.82, 2.24) is 10.0 Å². The Balaban J connectivity index is 2.29. The van der Waals surface area contributed by atoms with Crippen molar-refractivity contribution in [2.24, 2.45) is 4.99 Å². The van der Waals surface area contributed by atoms with Crippen molar-refractivity contribution >= 4 is 27.7 Å². The molecule has 2 aliphatic rings. The highest BCUT2D eigenvalue weighted by Gasteiger charge is 2.59. The Morgan fingerprint density at radius 3 is 2.80 bits per heavy atom. The average Bonchev–Trinajstić information content (AvgIpc) is 2.92. The summed E-state index contributed by atoms with van der Waals surface area (Å²) >= 11 is 0. The number of nitrogens with one attached hydrogen (secondary N) is 2. The van der Waals surface area contributed by atoms with Gasteiger partial charge in [-0.05, 0) is 55.5 Å². The van der Waals surface area contributed by atoms with Crippen LogP contribution >= 0.6 is 0 Å². The number of rotatable bonds is 1. The van der Waals surface area contributed by atoms with Gasteiger partial charge < -0.3 is 10.8 Å². The minimum absolute atomic E-state index is 0.0679. The molecule has 1 saturated heterocycles. The van der Waals surface area contributed by atoms with E-state index in [1.165, 1.54) is 18.2 Å². The molecule has 138 valence electrons. The monoisotopic (exact) mass is 370 g/mol. The van der Waals surface area contributed by atoms with Crippen LogP contribution in [-0.4, -0.2) is 37.8 Å². The van der Waals surface area contributed by atoms with Gasteiger partial charge in [0.2, 0.25) is 0 Å². The fourth-order valence-corrected chi connectivity index (χ4v) is 7.61. The normalized spacial score (nSPS) is 30.9. The van der Waals surface area contributed by atoms with Crippen molar-refractivity contribution in [2.75, 3.05) is 12.3 Å². The second kappa shape index (κ2) is 5.50. The zero-order valence-corrected chi connectivity index (χ0v) is 15.2. The lowest BCUT2D eigenvalue weighted by Gasteiger charge is -2.51. The number of amides is 1. The number of benzene rings is 1. The van der Waals surface area contributed by atoms with Gasteiger partial charge in [0.15, 0.2) is 0 Å². The van der Waals surface area contributed by atoms with E-state index >= 15 is 0 Å². The Kier molecular flexibility index (Phi) is 3.92. The predicted molar refractivity (Wildman–Crippen MR) is 96.8 cm³/mol. The number of fused-ring (bicyclic) bond motifs is 1. The van der Waals surface area contributed by atoms with E-state index in [0.717, 1.165) is 0 Å². The number of thiol groups is 1. The summed E-state index contributed by atoms with van der Waals surface area (Å²) in [6, 6.07) is 4.18. The minimum Gasteiger partial charge on any atom is -0.465 e. The van der Waals surface area contributed by atoms with Crippen LogP contribution in [0.3, 0.4) is 0 Å². The maximum atomic E-state index is 14.6.